The Morgan fingerprint density at radius 2 is 2.29 bits per heavy atom. The molecule has 1 unspecified atom stereocenters. The van der Waals surface area contributed by atoms with Crippen LogP contribution in [0.15, 0.2) is 23.5 Å². The molecule has 7 nitrogen and oxygen atoms in total. The average Bonchev–Trinajstić information content (AvgIpc) is 2.95. The summed E-state index contributed by atoms with van der Waals surface area (Å²) >= 11 is 0. The fourth-order valence-corrected chi connectivity index (χ4v) is 3.04. The monoisotopic (exact) mass is 327 g/mol. The van der Waals surface area contributed by atoms with Crippen LogP contribution in [-0.4, -0.2) is 45.3 Å². The molecule has 0 radical (unpaired) electrons. The lowest BCUT2D eigenvalue weighted by molar-refractivity contribution is 0.392. The van der Waals surface area contributed by atoms with Crippen LogP contribution in [0.1, 0.15) is 29.2 Å². The highest BCUT2D eigenvalue weighted by Crippen LogP contribution is 2.12. The summed E-state index contributed by atoms with van der Waals surface area (Å²) in [5, 5.41) is 11.3. The van der Waals surface area contributed by atoms with Gasteiger partial charge in [0.25, 0.3) is 0 Å². The molecule has 24 heavy (non-hydrogen) atoms. The molecule has 0 amide bonds. The molecule has 0 aliphatic carbocycles. The predicted octanol–water partition coefficient (Wildman–Crippen LogP) is 1.01. The molecule has 2 aromatic rings. The number of fused-ring (bicyclic) bond motifs is 1. The van der Waals surface area contributed by atoms with E-state index in [0.29, 0.717) is 6.04 Å². The quantitative estimate of drug-likeness (QED) is 0.647. The second kappa shape index (κ2) is 7.42. The normalized spacial score (nSPS) is 17.5. The molecule has 7 heteroatoms. The molecule has 1 aliphatic heterocycles. The van der Waals surface area contributed by atoms with E-state index in [1.807, 2.05) is 24.0 Å². The number of hydrogen-bond acceptors (Lipinski definition) is 4. The van der Waals surface area contributed by atoms with Crippen molar-refractivity contribution >= 4 is 5.96 Å². The molecule has 0 fully saturated rings. The van der Waals surface area contributed by atoms with E-state index < -0.39 is 0 Å². The molecule has 2 aromatic heterocycles. The van der Waals surface area contributed by atoms with Crippen molar-refractivity contribution in [3.8, 4) is 0 Å². The molecule has 3 rings (SSSR count). The van der Waals surface area contributed by atoms with E-state index in [1.165, 1.54) is 11.1 Å². The van der Waals surface area contributed by atoms with Gasteiger partial charge in [-0.05, 0) is 43.9 Å². The van der Waals surface area contributed by atoms with Crippen molar-refractivity contribution in [3.05, 3.63) is 41.2 Å². The van der Waals surface area contributed by atoms with Crippen LogP contribution < -0.4 is 10.6 Å². The van der Waals surface area contributed by atoms with Gasteiger partial charge in [-0.15, -0.1) is 0 Å². The Morgan fingerprint density at radius 3 is 3.08 bits per heavy atom. The van der Waals surface area contributed by atoms with Gasteiger partial charge in [0.2, 0.25) is 0 Å². The average molecular weight is 327 g/mol. The second-order valence-electron chi connectivity index (χ2n) is 6.19. The van der Waals surface area contributed by atoms with Crippen molar-refractivity contribution in [2.75, 3.05) is 13.6 Å². The third-order valence-corrected chi connectivity index (χ3v) is 4.35. The summed E-state index contributed by atoms with van der Waals surface area (Å²) in [5.74, 6) is 2.77. The maximum atomic E-state index is 4.45. The minimum absolute atomic E-state index is 0.326. The summed E-state index contributed by atoms with van der Waals surface area (Å²) in [5.41, 5.74) is 2.54. The van der Waals surface area contributed by atoms with Crippen LogP contribution in [-0.2, 0) is 19.4 Å². The van der Waals surface area contributed by atoms with Crippen LogP contribution in [0, 0.1) is 13.8 Å². The van der Waals surface area contributed by atoms with Gasteiger partial charge in [-0.25, -0.2) is 9.67 Å². The van der Waals surface area contributed by atoms with Gasteiger partial charge >= 0.3 is 0 Å². The lowest BCUT2D eigenvalue weighted by atomic mass is 10.1. The van der Waals surface area contributed by atoms with Crippen molar-refractivity contribution in [1.29, 1.82) is 0 Å². The standard InChI is InChI=1S/C17H25N7/c1-12-10-19-8-6-14(12)7-9-20-17(18-3)22-15-4-5-16-21-13(2)23-24(16)11-15/h6,8,10,15H,4-5,7,9,11H2,1-3H3,(H2,18,20,22). The van der Waals surface area contributed by atoms with Crippen LogP contribution in [0.2, 0.25) is 0 Å². The molecule has 2 N–H and O–H groups in total. The molecule has 1 aliphatic rings. The fourth-order valence-electron chi connectivity index (χ4n) is 3.04. The Hall–Kier alpha value is -2.44. The van der Waals surface area contributed by atoms with E-state index >= 15 is 0 Å². The second-order valence-corrected chi connectivity index (χ2v) is 6.19. The summed E-state index contributed by atoms with van der Waals surface area (Å²) in [6.07, 6.45) is 6.69. The molecule has 0 bridgehead atoms. The zero-order valence-electron chi connectivity index (χ0n) is 14.6. The van der Waals surface area contributed by atoms with Gasteiger partial charge in [0.1, 0.15) is 11.6 Å². The lowest BCUT2D eigenvalue weighted by Crippen LogP contribution is -2.47. The van der Waals surface area contributed by atoms with Crippen molar-refractivity contribution in [3.63, 3.8) is 0 Å². The minimum atomic E-state index is 0.326. The van der Waals surface area contributed by atoms with Gasteiger partial charge in [0.05, 0.1) is 6.54 Å². The Morgan fingerprint density at radius 1 is 1.42 bits per heavy atom. The van der Waals surface area contributed by atoms with E-state index in [9.17, 15) is 0 Å². The lowest BCUT2D eigenvalue weighted by Gasteiger charge is -2.25. The van der Waals surface area contributed by atoms with Crippen molar-refractivity contribution in [2.45, 2.75) is 45.7 Å². The van der Waals surface area contributed by atoms with Crippen molar-refractivity contribution in [2.24, 2.45) is 4.99 Å². The van der Waals surface area contributed by atoms with Gasteiger partial charge in [-0.1, -0.05) is 0 Å². The molecule has 0 spiro atoms. The number of guanidine groups is 1. The Labute approximate surface area is 142 Å². The first-order valence-corrected chi connectivity index (χ1v) is 8.42. The number of aliphatic imine (C=N–C) groups is 1. The highest BCUT2D eigenvalue weighted by Gasteiger charge is 2.21. The van der Waals surface area contributed by atoms with Crippen LogP contribution >= 0.6 is 0 Å². The van der Waals surface area contributed by atoms with Crippen molar-refractivity contribution < 1.29 is 0 Å². The number of aromatic nitrogens is 4. The Bertz CT molecular complexity index is 719. The number of pyridine rings is 1. The highest BCUT2D eigenvalue weighted by molar-refractivity contribution is 5.79. The van der Waals surface area contributed by atoms with Gasteiger partial charge < -0.3 is 10.6 Å². The maximum absolute atomic E-state index is 4.45. The van der Waals surface area contributed by atoms with E-state index in [2.05, 4.69) is 43.7 Å². The van der Waals surface area contributed by atoms with Gasteiger partial charge in [-0.2, -0.15) is 5.10 Å². The smallest absolute Gasteiger partial charge is 0.191 e. The van der Waals surface area contributed by atoms with Crippen LogP contribution in [0.4, 0.5) is 0 Å². The van der Waals surface area contributed by atoms with Gasteiger partial charge in [0.15, 0.2) is 5.96 Å². The van der Waals surface area contributed by atoms with E-state index in [-0.39, 0.29) is 0 Å². The van der Waals surface area contributed by atoms with Gasteiger partial charge in [0, 0.05) is 38.4 Å². The van der Waals surface area contributed by atoms with Gasteiger partial charge in [-0.3, -0.25) is 9.98 Å². The summed E-state index contributed by atoms with van der Waals surface area (Å²) in [6, 6.07) is 2.40. The SMILES string of the molecule is CN=C(NCCc1ccncc1C)NC1CCc2nc(C)nn2C1. The number of nitrogens with zero attached hydrogens (tertiary/aromatic N) is 5. The van der Waals surface area contributed by atoms with Crippen LogP contribution in [0.3, 0.4) is 0 Å². The predicted molar refractivity (Wildman–Crippen MR) is 94.0 cm³/mol. The van der Waals surface area contributed by atoms with Crippen LogP contribution in [0.25, 0.3) is 0 Å². The third-order valence-electron chi connectivity index (χ3n) is 4.35. The number of nitrogens with one attached hydrogen (secondary N) is 2. The Balaban J connectivity index is 1.50. The first kappa shape index (κ1) is 16.4. The topological polar surface area (TPSA) is 80.0 Å². The molecule has 3 heterocycles. The number of hydrogen-bond donors (Lipinski definition) is 2. The molecular formula is C17H25N7. The largest absolute Gasteiger partial charge is 0.356 e. The van der Waals surface area contributed by atoms with E-state index in [4.69, 9.17) is 0 Å². The maximum Gasteiger partial charge on any atom is 0.191 e. The van der Waals surface area contributed by atoms with Crippen molar-refractivity contribution in [1.82, 2.24) is 30.4 Å². The summed E-state index contributed by atoms with van der Waals surface area (Å²) < 4.78 is 2.00. The molecule has 1 atom stereocenters. The molecule has 0 saturated heterocycles. The third kappa shape index (κ3) is 3.90. The summed E-state index contributed by atoms with van der Waals surface area (Å²) in [4.78, 5) is 12.9. The fraction of sp³-hybridized carbons (Fsp3) is 0.529. The summed E-state index contributed by atoms with van der Waals surface area (Å²) in [6.45, 7) is 5.70. The van der Waals surface area contributed by atoms with E-state index in [1.54, 1.807) is 7.05 Å². The summed E-state index contributed by atoms with van der Waals surface area (Å²) in [7, 11) is 1.81. The zero-order chi connectivity index (χ0) is 16.9. The minimum Gasteiger partial charge on any atom is -0.356 e. The van der Waals surface area contributed by atoms with E-state index in [0.717, 1.165) is 50.0 Å². The first-order valence-electron chi connectivity index (χ1n) is 8.42. The zero-order valence-corrected chi connectivity index (χ0v) is 14.6. The first-order chi connectivity index (χ1) is 11.7. The molecule has 0 aromatic carbocycles. The van der Waals surface area contributed by atoms with Crippen LogP contribution in [0.5, 0.6) is 0 Å². The molecule has 0 saturated carbocycles. The number of rotatable bonds is 4. The Kier molecular flexibility index (Phi) is 5.08. The highest BCUT2D eigenvalue weighted by atomic mass is 15.4. The number of aryl methyl sites for hydroxylation is 3. The molecule has 128 valence electrons. The molecular weight excluding hydrogens is 302 g/mol.